The van der Waals surface area contributed by atoms with Crippen molar-refractivity contribution < 1.29 is 18.0 Å². The second-order valence-electron chi connectivity index (χ2n) is 3.53. The van der Waals surface area contributed by atoms with Crippen molar-refractivity contribution in [3.8, 4) is 0 Å². The van der Waals surface area contributed by atoms with E-state index < -0.39 is 29.0 Å². The highest BCUT2D eigenvalue weighted by Gasteiger charge is 2.17. The molecule has 7 heteroatoms. The standard InChI is InChI=1S/C12H6ClF3N2O/c13-7-3-4-17-5-6(7)12(19)18-9-2-1-8(14)10(15)11(9)16/h1-5H,(H,18,19). The SMILES string of the molecule is O=C(Nc1ccc(F)c(F)c1F)c1cnccc1Cl. The molecule has 0 aliphatic heterocycles. The summed E-state index contributed by atoms with van der Waals surface area (Å²) in [6.45, 7) is 0. The third-order valence-electron chi connectivity index (χ3n) is 2.30. The van der Waals surface area contributed by atoms with Crippen LogP contribution in [0.3, 0.4) is 0 Å². The van der Waals surface area contributed by atoms with Crippen LogP contribution in [0.1, 0.15) is 10.4 Å². The molecule has 0 aliphatic carbocycles. The molecule has 1 heterocycles. The monoisotopic (exact) mass is 286 g/mol. The van der Waals surface area contributed by atoms with Crippen molar-refractivity contribution in [3.05, 3.63) is 58.6 Å². The van der Waals surface area contributed by atoms with Gasteiger partial charge < -0.3 is 5.32 Å². The van der Waals surface area contributed by atoms with Crippen LogP contribution < -0.4 is 5.32 Å². The van der Waals surface area contributed by atoms with Gasteiger partial charge in [-0.05, 0) is 18.2 Å². The maximum atomic E-state index is 13.4. The van der Waals surface area contributed by atoms with E-state index in [9.17, 15) is 18.0 Å². The molecular formula is C12H6ClF3N2O. The molecule has 98 valence electrons. The molecule has 1 aromatic carbocycles. The smallest absolute Gasteiger partial charge is 0.258 e. The third kappa shape index (κ3) is 2.68. The molecule has 0 bridgehead atoms. The van der Waals surface area contributed by atoms with Gasteiger partial charge in [0, 0.05) is 12.4 Å². The Morgan fingerprint density at radius 2 is 1.89 bits per heavy atom. The number of nitrogens with one attached hydrogen (secondary N) is 1. The van der Waals surface area contributed by atoms with Crippen LogP contribution in [-0.4, -0.2) is 10.9 Å². The van der Waals surface area contributed by atoms with Crippen LogP contribution in [0.25, 0.3) is 0 Å². The maximum Gasteiger partial charge on any atom is 0.258 e. The number of halogens is 4. The molecule has 0 fully saturated rings. The summed E-state index contributed by atoms with van der Waals surface area (Å²) in [7, 11) is 0. The van der Waals surface area contributed by atoms with E-state index in [0.717, 1.165) is 6.07 Å². The Kier molecular flexibility index (Phi) is 3.71. The Balaban J connectivity index is 2.30. The van der Waals surface area contributed by atoms with Gasteiger partial charge in [-0.3, -0.25) is 9.78 Å². The van der Waals surface area contributed by atoms with Gasteiger partial charge in [0.1, 0.15) is 0 Å². The van der Waals surface area contributed by atoms with Crippen molar-refractivity contribution in [3.63, 3.8) is 0 Å². The normalized spacial score (nSPS) is 10.3. The predicted octanol–water partition coefficient (Wildman–Crippen LogP) is 3.40. The highest BCUT2D eigenvalue weighted by atomic mass is 35.5. The Bertz CT molecular complexity index is 649. The minimum atomic E-state index is -1.66. The minimum absolute atomic E-state index is 0.00620. The lowest BCUT2D eigenvalue weighted by molar-refractivity contribution is 0.102. The molecule has 3 nitrogen and oxygen atoms in total. The molecule has 0 radical (unpaired) electrons. The molecule has 2 rings (SSSR count). The summed E-state index contributed by atoms with van der Waals surface area (Å²) in [5.41, 5.74) is -0.489. The van der Waals surface area contributed by atoms with Gasteiger partial charge in [-0.15, -0.1) is 0 Å². The molecule has 0 unspecified atom stereocenters. The highest BCUT2D eigenvalue weighted by molar-refractivity contribution is 6.34. The van der Waals surface area contributed by atoms with Crippen LogP contribution in [0.4, 0.5) is 18.9 Å². The Hall–Kier alpha value is -2.08. The van der Waals surface area contributed by atoms with Crippen molar-refractivity contribution in [1.82, 2.24) is 4.98 Å². The van der Waals surface area contributed by atoms with E-state index in [4.69, 9.17) is 11.6 Å². The molecule has 1 amide bonds. The van der Waals surface area contributed by atoms with Gasteiger partial charge in [0.25, 0.3) is 5.91 Å². The quantitative estimate of drug-likeness (QED) is 0.860. The number of carbonyl (C=O) groups is 1. The molecule has 19 heavy (non-hydrogen) atoms. The van der Waals surface area contributed by atoms with E-state index in [1.165, 1.54) is 18.5 Å². The lowest BCUT2D eigenvalue weighted by Gasteiger charge is -2.08. The first kappa shape index (κ1) is 13.4. The summed E-state index contributed by atoms with van der Waals surface area (Å²) < 4.78 is 39.1. The van der Waals surface area contributed by atoms with E-state index in [1.54, 1.807) is 0 Å². The van der Waals surface area contributed by atoms with Gasteiger partial charge in [0.2, 0.25) is 0 Å². The maximum absolute atomic E-state index is 13.4. The van der Waals surface area contributed by atoms with Gasteiger partial charge in [-0.25, -0.2) is 13.2 Å². The number of pyridine rings is 1. The molecule has 0 atom stereocenters. The van der Waals surface area contributed by atoms with Gasteiger partial charge >= 0.3 is 0 Å². The fourth-order valence-corrected chi connectivity index (χ4v) is 1.55. The number of amides is 1. The number of carbonyl (C=O) groups excluding carboxylic acids is 1. The Morgan fingerprint density at radius 3 is 2.58 bits per heavy atom. The van der Waals surface area contributed by atoms with E-state index in [0.29, 0.717) is 6.07 Å². The zero-order valence-electron chi connectivity index (χ0n) is 9.25. The minimum Gasteiger partial charge on any atom is -0.319 e. The third-order valence-corrected chi connectivity index (χ3v) is 2.63. The van der Waals surface area contributed by atoms with Crippen molar-refractivity contribution in [2.45, 2.75) is 0 Å². The van der Waals surface area contributed by atoms with E-state index in [2.05, 4.69) is 10.3 Å². The summed E-state index contributed by atoms with van der Waals surface area (Å²) in [6.07, 6.45) is 2.55. The van der Waals surface area contributed by atoms with Crippen LogP contribution in [0.15, 0.2) is 30.6 Å². The first-order chi connectivity index (χ1) is 9.00. The van der Waals surface area contributed by atoms with Crippen LogP contribution in [0.2, 0.25) is 5.02 Å². The number of benzene rings is 1. The fourth-order valence-electron chi connectivity index (χ4n) is 1.36. The summed E-state index contributed by atoms with van der Waals surface area (Å²) in [5.74, 6) is -5.25. The lowest BCUT2D eigenvalue weighted by atomic mass is 10.2. The summed E-state index contributed by atoms with van der Waals surface area (Å²) in [5, 5.41) is 2.20. The lowest BCUT2D eigenvalue weighted by Crippen LogP contribution is -2.14. The molecule has 0 spiro atoms. The van der Waals surface area contributed by atoms with Gasteiger partial charge in [-0.1, -0.05) is 11.6 Å². The molecule has 0 saturated carbocycles. The zero-order chi connectivity index (χ0) is 14.0. The van der Waals surface area contributed by atoms with Gasteiger partial charge in [0.15, 0.2) is 17.5 Å². The molecular weight excluding hydrogens is 281 g/mol. The second-order valence-corrected chi connectivity index (χ2v) is 3.94. The first-order valence-corrected chi connectivity index (χ1v) is 5.43. The Morgan fingerprint density at radius 1 is 1.16 bits per heavy atom. The number of aromatic nitrogens is 1. The summed E-state index contributed by atoms with van der Waals surface area (Å²) in [6, 6.07) is 2.99. The van der Waals surface area contributed by atoms with Crippen LogP contribution in [0, 0.1) is 17.5 Å². The molecule has 1 N–H and O–H groups in total. The zero-order valence-corrected chi connectivity index (χ0v) is 10.0. The van der Waals surface area contributed by atoms with Crippen molar-refractivity contribution in [2.75, 3.05) is 5.32 Å². The van der Waals surface area contributed by atoms with Crippen LogP contribution >= 0.6 is 11.6 Å². The first-order valence-electron chi connectivity index (χ1n) is 5.05. The number of anilines is 1. The van der Waals surface area contributed by atoms with Gasteiger partial charge in [0.05, 0.1) is 16.3 Å². The average Bonchev–Trinajstić information content (AvgIpc) is 2.40. The molecule has 1 aromatic heterocycles. The molecule has 0 aliphatic rings. The molecule has 2 aromatic rings. The van der Waals surface area contributed by atoms with Crippen LogP contribution in [0.5, 0.6) is 0 Å². The molecule has 0 saturated heterocycles. The fraction of sp³-hybridized carbons (Fsp3) is 0. The number of nitrogens with zero attached hydrogens (tertiary/aromatic N) is 1. The van der Waals surface area contributed by atoms with E-state index >= 15 is 0 Å². The number of rotatable bonds is 2. The van der Waals surface area contributed by atoms with Crippen LogP contribution in [-0.2, 0) is 0 Å². The van der Waals surface area contributed by atoms with Gasteiger partial charge in [-0.2, -0.15) is 0 Å². The predicted molar refractivity (Wildman–Crippen MR) is 63.5 cm³/mol. The van der Waals surface area contributed by atoms with Crippen molar-refractivity contribution in [1.29, 1.82) is 0 Å². The largest absolute Gasteiger partial charge is 0.319 e. The number of hydrogen-bond acceptors (Lipinski definition) is 2. The average molecular weight is 287 g/mol. The number of hydrogen-bond donors (Lipinski definition) is 1. The highest BCUT2D eigenvalue weighted by Crippen LogP contribution is 2.21. The summed E-state index contributed by atoms with van der Waals surface area (Å²) >= 11 is 5.75. The van der Waals surface area contributed by atoms with Crippen molar-refractivity contribution in [2.24, 2.45) is 0 Å². The van der Waals surface area contributed by atoms with Crippen molar-refractivity contribution >= 4 is 23.2 Å². The summed E-state index contributed by atoms with van der Waals surface area (Å²) in [4.78, 5) is 15.5. The topological polar surface area (TPSA) is 42.0 Å². The second kappa shape index (κ2) is 5.27. The van der Waals surface area contributed by atoms with E-state index in [-0.39, 0.29) is 10.6 Å². The Labute approximate surface area is 111 Å². The van der Waals surface area contributed by atoms with E-state index in [1.807, 2.05) is 0 Å².